The highest BCUT2D eigenvalue weighted by atomic mass is 19.1. The first kappa shape index (κ1) is 11.9. The molecule has 4 nitrogen and oxygen atoms in total. The molecule has 2 N–H and O–H groups in total. The number of nitrogens with two attached hydrogens (primary N) is 1. The van der Waals surface area contributed by atoms with Gasteiger partial charge in [-0.25, -0.2) is 4.39 Å². The van der Waals surface area contributed by atoms with Crippen LogP contribution in [-0.2, 0) is 4.79 Å². The molecule has 5 heteroatoms. The highest BCUT2D eigenvalue weighted by Crippen LogP contribution is 2.21. The molecule has 0 aromatic heterocycles. The number of halogens is 1. The summed E-state index contributed by atoms with van der Waals surface area (Å²) >= 11 is 0. The molecule has 0 fully saturated rings. The Morgan fingerprint density at radius 3 is 2.81 bits per heavy atom. The zero-order chi connectivity index (χ0) is 12.1. The molecule has 0 saturated heterocycles. The average molecular weight is 221 g/mol. The molecule has 0 aliphatic carbocycles. The summed E-state index contributed by atoms with van der Waals surface area (Å²) in [4.78, 5) is 15.4. The van der Waals surface area contributed by atoms with E-state index in [1.807, 2.05) is 0 Å². The molecule has 0 atom stereocenters. The molecular formula is C11H12FN3O. The molecule has 0 radical (unpaired) electrons. The van der Waals surface area contributed by atoms with Crippen molar-refractivity contribution in [1.82, 2.24) is 0 Å². The van der Waals surface area contributed by atoms with Gasteiger partial charge in [-0.15, -0.1) is 0 Å². The summed E-state index contributed by atoms with van der Waals surface area (Å²) in [5.74, 6) is -0.465. The highest BCUT2D eigenvalue weighted by molar-refractivity contribution is 5.75. The quantitative estimate of drug-likeness (QED) is 0.363. The van der Waals surface area contributed by atoms with Crippen molar-refractivity contribution in [2.75, 3.05) is 17.7 Å². The maximum absolute atomic E-state index is 13.5. The summed E-state index contributed by atoms with van der Waals surface area (Å²) in [6.45, 7) is 3.23. The van der Waals surface area contributed by atoms with Crippen LogP contribution in [0.1, 0.15) is 0 Å². The van der Waals surface area contributed by atoms with Gasteiger partial charge in [0, 0.05) is 18.9 Å². The van der Waals surface area contributed by atoms with Crippen molar-refractivity contribution in [3.05, 3.63) is 35.9 Å². The first-order chi connectivity index (χ1) is 7.58. The lowest BCUT2D eigenvalue weighted by Gasteiger charge is -2.15. The largest absolute Gasteiger partial charge is 0.399 e. The molecule has 1 aromatic carbocycles. The number of rotatable bonds is 4. The Kier molecular flexibility index (Phi) is 3.77. The zero-order valence-corrected chi connectivity index (χ0v) is 8.85. The van der Waals surface area contributed by atoms with E-state index in [-0.39, 0.29) is 5.70 Å². The SMILES string of the molecule is C=N/C(C=O)=C\N(C)c1ccc(N)cc1F. The molecule has 0 aliphatic rings. The molecule has 1 rings (SSSR count). The number of nitrogens with zero attached hydrogens (tertiary/aromatic N) is 2. The van der Waals surface area contributed by atoms with Crippen LogP contribution in [0.5, 0.6) is 0 Å². The minimum atomic E-state index is -0.465. The van der Waals surface area contributed by atoms with Gasteiger partial charge in [0.1, 0.15) is 11.5 Å². The van der Waals surface area contributed by atoms with Gasteiger partial charge in [0.05, 0.1) is 5.69 Å². The predicted molar refractivity (Wildman–Crippen MR) is 62.9 cm³/mol. The van der Waals surface area contributed by atoms with E-state index in [1.165, 1.54) is 23.2 Å². The third-order valence-corrected chi connectivity index (χ3v) is 1.98. The fourth-order valence-corrected chi connectivity index (χ4v) is 1.19. The van der Waals surface area contributed by atoms with Crippen molar-refractivity contribution in [2.24, 2.45) is 4.99 Å². The summed E-state index contributed by atoms with van der Waals surface area (Å²) in [7, 11) is 1.60. The maximum Gasteiger partial charge on any atom is 0.169 e. The monoisotopic (exact) mass is 221 g/mol. The molecule has 0 aliphatic heterocycles. The molecule has 0 spiro atoms. The molecule has 0 amide bonds. The smallest absolute Gasteiger partial charge is 0.169 e. The summed E-state index contributed by atoms with van der Waals surface area (Å²) in [6.07, 6.45) is 1.92. The molecule has 84 valence electrons. The number of aldehydes is 1. The van der Waals surface area contributed by atoms with Gasteiger partial charge in [0.15, 0.2) is 6.29 Å². The fourth-order valence-electron chi connectivity index (χ4n) is 1.19. The first-order valence-electron chi connectivity index (χ1n) is 4.50. The lowest BCUT2D eigenvalue weighted by molar-refractivity contribution is -0.104. The van der Waals surface area contributed by atoms with Crippen LogP contribution >= 0.6 is 0 Å². The van der Waals surface area contributed by atoms with E-state index >= 15 is 0 Å². The summed E-state index contributed by atoms with van der Waals surface area (Å²) in [6, 6.07) is 4.30. The van der Waals surface area contributed by atoms with E-state index in [1.54, 1.807) is 13.1 Å². The van der Waals surface area contributed by atoms with Crippen molar-refractivity contribution >= 4 is 24.4 Å². The topological polar surface area (TPSA) is 58.7 Å². The molecule has 0 saturated carbocycles. The van der Waals surface area contributed by atoms with Crippen LogP contribution in [0.3, 0.4) is 0 Å². The van der Waals surface area contributed by atoms with Gasteiger partial charge in [0.25, 0.3) is 0 Å². The van der Waals surface area contributed by atoms with Crippen molar-refractivity contribution < 1.29 is 9.18 Å². The minimum Gasteiger partial charge on any atom is -0.399 e. The Morgan fingerprint density at radius 1 is 1.62 bits per heavy atom. The Balaban J connectivity index is 3.05. The average Bonchev–Trinajstić information content (AvgIpc) is 2.25. The molecular weight excluding hydrogens is 209 g/mol. The second-order valence-corrected chi connectivity index (χ2v) is 3.15. The Morgan fingerprint density at radius 2 is 2.31 bits per heavy atom. The molecule has 16 heavy (non-hydrogen) atoms. The Hall–Kier alpha value is -2.17. The van der Waals surface area contributed by atoms with Gasteiger partial charge < -0.3 is 10.6 Å². The van der Waals surface area contributed by atoms with E-state index in [0.29, 0.717) is 17.7 Å². The summed E-state index contributed by atoms with van der Waals surface area (Å²) in [5, 5.41) is 0. The van der Waals surface area contributed by atoms with Crippen molar-refractivity contribution in [1.29, 1.82) is 0 Å². The van der Waals surface area contributed by atoms with Crippen LogP contribution in [0.25, 0.3) is 0 Å². The number of nitrogen functional groups attached to an aromatic ring is 1. The molecule has 1 aromatic rings. The predicted octanol–water partition coefficient (Wildman–Crippen LogP) is 1.58. The molecule has 0 heterocycles. The summed E-state index contributed by atoms with van der Waals surface area (Å²) < 4.78 is 13.5. The van der Waals surface area contributed by atoms with E-state index < -0.39 is 5.82 Å². The number of aliphatic imine (C=N–C) groups is 1. The standard InChI is InChI=1S/C11H12FN3O/c1-14-9(7-16)6-15(2)11-4-3-8(13)5-10(11)12/h3-7H,1,13H2,2H3/b9-6-. The second kappa shape index (κ2) is 5.06. The van der Waals surface area contributed by atoms with E-state index in [0.717, 1.165) is 0 Å². The normalized spacial score (nSPS) is 11.0. The molecule has 0 unspecified atom stereocenters. The van der Waals surface area contributed by atoms with Crippen molar-refractivity contribution in [2.45, 2.75) is 0 Å². The number of carbonyl (C=O) groups is 1. The summed E-state index contributed by atoms with van der Waals surface area (Å²) in [5.41, 5.74) is 6.19. The van der Waals surface area contributed by atoms with Crippen molar-refractivity contribution in [3.63, 3.8) is 0 Å². The molecule has 0 bridgehead atoms. The van der Waals surface area contributed by atoms with Gasteiger partial charge in [-0.3, -0.25) is 9.79 Å². The lowest BCUT2D eigenvalue weighted by Crippen LogP contribution is -2.11. The van der Waals surface area contributed by atoms with Gasteiger partial charge in [0.2, 0.25) is 0 Å². The van der Waals surface area contributed by atoms with Crippen LogP contribution in [0.15, 0.2) is 35.1 Å². The fraction of sp³-hybridized carbons (Fsp3) is 0.0909. The Bertz CT molecular complexity index is 433. The van der Waals surface area contributed by atoms with Crippen molar-refractivity contribution in [3.8, 4) is 0 Å². The van der Waals surface area contributed by atoms with E-state index in [2.05, 4.69) is 11.7 Å². The number of allylic oxidation sites excluding steroid dienone is 1. The highest BCUT2D eigenvalue weighted by Gasteiger charge is 2.06. The Labute approximate surface area is 92.9 Å². The number of carbonyl (C=O) groups excluding carboxylic acids is 1. The van der Waals surface area contributed by atoms with E-state index in [4.69, 9.17) is 5.73 Å². The third-order valence-electron chi connectivity index (χ3n) is 1.98. The van der Waals surface area contributed by atoms with Crippen LogP contribution in [0.2, 0.25) is 0 Å². The number of anilines is 2. The van der Waals surface area contributed by atoms with Crippen LogP contribution < -0.4 is 10.6 Å². The number of benzene rings is 1. The zero-order valence-electron chi connectivity index (χ0n) is 8.85. The van der Waals surface area contributed by atoms with Crippen LogP contribution in [0, 0.1) is 5.82 Å². The van der Waals surface area contributed by atoms with Gasteiger partial charge >= 0.3 is 0 Å². The van der Waals surface area contributed by atoms with Gasteiger partial charge in [-0.2, -0.15) is 0 Å². The van der Waals surface area contributed by atoms with Crippen LogP contribution in [-0.4, -0.2) is 20.1 Å². The number of hydrogen-bond donors (Lipinski definition) is 1. The van der Waals surface area contributed by atoms with E-state index in [9.17, 15) is 9.18 Å². The minimum absolute atomic E-state index is 0.124. The number of hydrogen-bond acceptors (Lipinski definition) is 4. The second-order valence-electron chi connectivity index (χ2n) is 3.15. The van der Waals surface area contributed by atoms with Crippen LogP contribution in [0.4, 0.5) is 15.8 Å². The van der Waals surface area contributed by atoms with Gasteiger partial charge in [-0.05, 0) is 24.9 Å². The first-order valence-corrected chi connectivity index (χ1v) is 4.50. The maximum atomic E-state index is 13.5. The lowest BCUT2D eigenvalue weighted by atomic mass is 10.2. The third kappa shape index (κ3) is 2.66. The van der Waals surface area contributed by atoms with Gasteiger partial charge in [-0.1, -0.05) is 0 Å².